The van der Waals surface area contributed by atoms with E-state index in [1.165, 1.54) is 13.0 Å². The molecule has 0 saturated heterocycles. The van der Waals surface area contributed by atoms with Crippen LogP contribution in [0.2, 0.25) is 0 Å². The van der Waals surface area contributed by atoms with Gasteiger partial charge in [-0.2, -0.15) is 5.10 Å². The van der Waals surface area contributed by atoms with E-state index >= 15 is 0 Å². The molecule has 1 aromatic carbocycles. The highest BCUT2D eigenvalue weighted by molar-refractivity contribution is 6.02. The largest absolute Gasteiger partial charge is 0.507 e. The lowest BCUT2D eigenvalue weighted by Gasteiger charge is -2.12. The summed E-state index contributed by atoms with van der Waals surface area (Å²) in [6.45, 7) is 3.05. The van der Waals surface area contributed by atoms with E-state index in [4.69, 9.17) is 4.42 Å². The average molecular weight is 329 g/mol. The van der Waals surface area contributed by atoms with Crippen LogP contribution in [0.1, 0.15) is 28.6 Å². The summed E-state index contributed by atoms with van der Waals surface area (Å²) < 4.78 is 4.92. The van der Waals surface area contributed by atoms with Crippen molar-refractivity contribution >= 4 is 17.3 Å². The highest BCUT2D eigenvalue weighted by atomic mass is 16.4. The van der Waals surface area contributed by atoms with Crippen molar-refractivity contribution in [1.82, 2.24) is 5.43 Å². The van der Waals surface area contributed by atoms with E-state index in [9.17, 15) is 14.7 Å². The lowest BCUT2D eigenvalue weighted by atomic mass is 10.2. The molecule has 0 aliphatic rings. The van der Waals surface area contributed by atoms with E-state index < -0.39 is 11.5 Å². The predicted octanol–water partition coefficient (Wildman–Crippen LogP) is 1.87. The van der Waals surface area contributed by atoms with Gasteiger partial charge in [-0.05, 0) is 38.1 Å². The molecule has 1 heterocycles. The molecule has 7 heteroatoms. The Labute approximate surface area is 139 Å². The number of nitrogens with zero attached hydrogens (tertiary/aromatic N) is 2. The highest BCUT2D eigenvalue weighted by Gasteiger charge is 2.13. The van der Waals surface area contributed by atoms with Crippen LogP contribution in [0.5, 0.6) is 5.75 Å². The van der Waals surface area contributed by atoms with Gasteiger partial charge in [-0.25, -0.2) is 10.2 Å². The molecule has 0 spiro atoms. The summed E-state index contributed by atoms with van der Waals surface area (Å²) in [4.78, 5) is 25.8. The number of rotatable bonds is 4. The Bertz CT molecular complexity index is 836. The number of carbonyl (C=O) groups excluding carboxylic acids is 1. The van der Waals surface area contributed by atoms with Gasteiger partial charge in [0.2, 0.25) is 0 Å². The number of aryl methyl sites for hydroxylation is 1. The smallest absolute Gasteiger partial charge is 0.348 e. The van der Waals surface area contributed by atoms with Crippen LogP contribution < -0.4 is 16.0 Å². The second-order valence-corrected chi connectivity index (χ2v) is 5.48. The first-order valence-electron chi connectivity index (χ1n) is 7.25. The molecule has 0 fully saturated rings. The van der Waals surface area contributed by atoms with Crippen molar-refractivity contribution in [3.8, 4) is 5.75 Å². The number of hydrogen-bond donors (Lipinski definition) is 2. The quantitative estimate of drug-likeness (QED) is 0.659. The Morgan fingerprint density at radius 1 is 1.25 bits per heavy atom. The van der Waals surface area contributed by atoms with Crippen molar-refractivity contribution < 1.29 is 14.3 Å². The molecule has 2 aromatic rings. The first-order valence-corrected chi connectivity index (χ1v) is 7.25. The van der Waals surface area contributed by atoms with Crippen molar-refractivity contribution in [2.45, 2.75) is 13.8 Å². The number of carbonyl (C=O) groups is 1. The molecule has 1 amide bonds. The third-order valence-electron chi connectivity index (χ3n) is 3.39. The lowest BCUT2D eigenvalue weighted by molar-refractivity contribution is 0.0955. The maximum atomic E-state index is 12.1. The SMILES string of the molecule is CC(=NNC(=O)c1ccc(N(C)C)cc1)c1c(O)cc(C)oc1=O. The molecular weight excluding hydrogens is 310 g/mol. The summed E-state index contributed by atoms with van der Waals surface area (Å²) >= 11 is 0. The van der Waals surface area contributed by atoms with Crippen LogP contribution in [0, 0.1) is 6.92 Å². The van der Waals surface area contributed by atoms with E-state index in [1.54, 1.807) is 19.1 Å². The van der Waals surface area contributed by atoms with Crippen molar-refractivity contribution in [3.63, 3.8) is 0 Å². The molecule has 0 saturated carbocycles. The van der Waals surface area contributed by atoms with Gasteiger partial charge in [-0.1, -0.05) is 0 Å². The molecule has 0 unspecified atom stereocenters. The summed E-state index contributed by atoms with van der Waals surface area (Å²) in [5.74, 6) is -0.371. The Hall–Kier alpha value is -3.09. The molecule has 0 atom stereocenters. The lowest BCUT2D eigenvalue weighted by Crippen LogP contribution is -2.21. The van der Waals surface area contributed by atoms with E-state index in [2.05, 4.69) is 10.5 Å². The second-order valence-electron chi connectivity index (χ2n) is 5.48. The standard InChI is InChI=1S/C17H19N3O4/c1-10-9-14(21)15(17(23)24-10)11(2)18-19-16(22)12-5-7-13(8-6-12)20(3)4/h5-9,21H,1-4H3,(H,19,22). The number of nitrogens with one attached hydrogen (secondary N) is 1. The van der Waals surface area contributed by atoms with Crippen LogP contribution in [-0.4, -0.2) is 30.8 Å². The van der Waals surface area contributed by atoms with Gasteiger partial charge in [0.15, 0.2) is 0 Å². The fraction of sp³-hybridized carbons (Fsp3) is 0.235. The molecule has 2 N–H and O–H groups in total. The maximum absolute atomic E-state index is 12.1. The van der Waals surface area contributed by atoms with Gasteiger partial charge in [0.25, 0.3) is 5.91 Å². The summed E-state index contributed by atoms with van der Waals surface area (Å²) in [6, 6.07) is 8.29. The Balaban J connectivity index is 2.18. The van der Waals surface area contributed by atoms with Crippen molar-refractivity contribution in [3.05, 3.63) is 57.6 Å². The molecule has 24 heavy (non-hydrogen) atoms. The minimum Gasteiger partial charge on any atom is -0.507 e. The van der Waals surface area contributed by atoms with Crippen molar-refractivity contribution in [2.75, 3.05) is 19.0 Å². The molecule has 0 aliphatic heterocycles. The van der Waals surface area contributed by atoms with Gasteiger partial charge in [-0.15, -0.1) is 0 Å². The van der Waals surface area contributed by atoms with Gasteiger partial charge in [-0.3, -0.25) is 4.79 Å². The Kier molecular flexibility index (Phi) is 5.03. The third kappa shape index (κ3) is 3.81. The molecule has 0 aliphatic carbocycles. The molecule has 2 rings (SSSR count). The van der Waals surface area contributed by atoms with Gasteiger partial charge in [0.05, 0.1) is 5.71 Å². The summed E-state index contributed by atoms with van der Waals surface area (Å²) in [6.07, 6.45) is 0. The molecule has 7 nitrogen and oxygen atoms in total. The number of anilines is 1. The zero-order valence-electron chi connectivity index (χ0n) is 14.0. The molecular formula is C17H19N3O4. The summed E-state index contributed by atoms with van der Waals surface area (Å²) in [5, 5.41) is 13.7. The summed E-state index contributed by atoms with van der Waals surface area (Å²) in [7, 11) is 3.81. The van der Waals surface area contributed by atoms with Gasteiger partial charge < -0.3 is 14.4 Å². The van der Waals surface area contributed by atoms with Crippen LogP contribution in [0.15, 0.2) is 44.6 Å². The van der Waals surface area contributed by atoms with E-state index in [0.717, 1.165) is 5.69 Å². The number of aromatic hydroxyl groups is 1. The van der Waals surface area contributed by atoms with Crippen molar-refractivity contribution in [1.29, 1.82) is 0 Å². The van der Waals surface area contributed by atoms with Crippen LogP contribution >= 0.6 is 0 Å². The number of amides is 1. The molecule has 126 valence electrons. The minimum atomic E-state index is -0.710. The monoisotopic (exact) mass is 329 g/mol. The van der Waals surface area contributed by atoms with Crippen LogP contribution in [0.25, 0.3) is 0 Å². The number of hydrazone groups is 1. The fourth-order valence-corrected chi connectivity index (χ4v) is 2.10. The topological polar surface area (TPSA) is 95.1 Å². The maximum Gasteiger partial charge on any atom is 0.348 e. The Morgan fingerprint density at radius 2 is 1.88 bits per heavy atom. The highest BCUT2D eigenvalue weighted by Crippen LogP contribution is 2.15. The van der Waals surface area contributed by atoms with Crippen molar-refractivity contribution in [2.24, 2.45) is 5.10 Å². The minimum absolute atomic E-state index is 0.0798. The van der Waals surface area contributed by atoms with Crippen LogP contribution in [0.3, 0.4) is 0 Å². The van der Waals surface area contributed by atoms with E-state index in [0.29, 0.717) is 11.3 Å². The first-order chi connectivity index (χ1) is 11.3. The zero-order chi connectivity index (χ0) is 17.9. The van der Waals surface area contributed by atoms with E-state index in [1.807, 2.05) is 31.1 Å². The molecule has 0 bridgehead atoms. The van der Waals surface area contributed by atoms with E-state index in [-0.39, 0.29) is 17.0 Å². The second kappa shape index (κ2) is 6.99. The summed E-state index contributed by atoms with van der Waals surface area (Å²) in [5.41, 5.74) is 3.12. The predicted molar refractivity (Wildman–Crippen MR) is 91.8 cm³/mol. The third-order valence-corrected chi connectivity index (χ3v) is 3.39. The van der Waals surface area contributed by atoms with Gasteiger partial charge in [0, 0.05) is 31.4 Å². The van der Waals surface area contributed by atoms with Gasteiger partial charge in [0.1, 0.15) is 17.1 Å². The molecule has 0 radical (unpaired) electrons. The van der Waals surface area contributed by atoms with Crippen LogP contribution in [-0.2, 0) is 0 Å². The number of benzene rings is 1. The molecule has 1 aromatic heterocycles. The Morgan fingerprint density at radius 3 is 2.42 bits per heavy atom. The average Bonchev–Trinajstić information content (AvgIpc) is 2.51. The zero-order valence-corrected chi connectivity index (χ0v) is 14.0. The van der Waals surface area contributed by atoms with Crippen LogP contribution in [0.4, 0.5) is 5.69 Å². The van der Waals surface area contributed by atoms with Gasteiger partial charge >= 0.3 is 5.63 Å². The normalized spacial score (nSPS) is 11.2. The number of hydrogen-bond acceptors (Lipinski definition) is 6. The fourth-order valence-electron chi connectivity index (χ4n) is 2.10. The first kappa shape index (κ1) is 17.3.